The maximum atomic E-state index is 9.84. The molecule has 0 aliphatic rings. The molecule has 0 bridgehead atoms. The highest BCUT2D eigenvalue weighted by Gasteiger charge is 2.23. The van der Waals surface area contributed by atoms with Crippen molar-refractivity contribution in [2.45, 2.75) is 25.5 Å². The van der Waals surface area contributed by atoms with Gasteiger partial charge in [-0.1, -0.05) is 6.92 Å². The molecule has 6 heteroatoms. The van der Waals surface area contributed by atoms with Gasteiger partial charge in [0.15, 0.2) is 11.5 Å². The zero-order valence-electron chi connectivity index (χ0n) is 11.7. The largest absolute Gasteiger partial charge is 0.493 e. The predicted octanol–water partition coefficient (Wildman–Crippen LogP) is 1.90. The summed E-state index contributed by atoms with van der Waals surface area (Å²) in [5, 5.41) is 9.84. The van der Waals surface area contributed by atoms with Gasteiger partial charge >= 0.3 is 0 Å². The number of benzene rings is 1. The van der Waals surface area contributed by atoms with Crippen molar-refractivity contribution >= 4 is 12.4 Å². The first-order valence-corrected chi connectivity index (χ1v) is 5.83. The van der Waals surface area contributed by atoms with Crippen molar-refractivity contribution in [1.82, 2.24) is 0 Å². The van der Waals surface area contributed by atoms with E-state index < -0.39 is 12.1 Å². The second-order valence-electron chi connectivity index (χ2n) is 3.92. The maximum absolute atomic E-state index is 9.84. The first-order chi connectivity index (χ1) is 8.60. The van der Waals surface area contributed by atoms with Gasteiger partial charge in [-0.15, -0.1) is 12.4 Å². The van der Waals surface area contributed by atoms with E-state index in [2.05, 4.69) is 0 Å². The molecule has 0 aliphatic carbocycles. The number of aliphatic hydroxyl groups excluding tert-OH is 1. The Kier molecular flexibility index (Phi) is 7.59. The molecule has 1 aromatic carbocycles. The quantitative estimate of drug-likeness (QED) is 0.837. The molecule has 0 aromatic heterocycles. The topological polar surface area (TPSA) is 73.9 Å². The van der Waals surface area contributed by atoms with Gasteiger partial charge in [0.2, 0.25) is 5.75 Å². The van der Waals surface area contributed by atoms with E-state index in [1.165, 1.54) is 14.2 Å². The fraction of sp³-hybridized carbons (Fsp3) is 0.538. The van der Waals surface area contributed by atoms with E-state index in [0.717, 1.165) is 0 Å². The van der Waals surface area contributed by atoms with Gasteiger partial charge < -0.3 is 25.1 Å². The average Bonchev–Trinajstić information content (AvgIpc) is 2.43. The summed E-state index contributed by atoms with van der Waals surface area (Å²) in [7, 11) is 4.62. The highest BCUT2D eigenvalue weighted by Crippen LogP contribution is 2.42. The molecule has 0 radical (unpaired) electrons. The second kappa shape index (κ2) is 8.09. The van der Waals surface area contributed by atoms with E-state index in [9.17, 15) is 5.11 Å². The van der Waals surface area contributed by atoms with Crippen LogP contribution in [0.15, 0.2) is 12.1 Å². The number of halogens is 1. The lowest BCUT2D eigenvalue weighted by molar-refractivity contribution is 0.139. The minimum absolute atomic E-state index is 0. The van der Waals surface area contributed by atoms with Gasteiger partial charge in [-0.25, -0.2) is 0 Å². The zero-order chi connectivity index (χ0) is 13.7. The highest BCUT2D eigenvalue weighted by atomic mass is 35.5. The van der Waals surface area contributed by atoms with Crippen LogP contribution in [0.3, 0.4) is 0 Å². The Hall–Kier alpha value is -1.17. The molecule has 1 rings (SSSR count). The fourth-order valence-corrected chi connectivity index (χ4v) is 1.85. The Balaban J connectivity index is 0.00000324. The molecule has 0 spiro atoms. The molecular weight excluding hydrogens is 270 g/mol. The molecule has 110 valence electrons. The van der Waals surface area contributed by atoms with E-state index in [4.69, 9.17) is 19.9 Å². The lowest BCUT2D eigenvalue weighted by Gasteiger charge is -2.22. The molecule has 0 saturated heterocycles. The van der Waals surface area contributed by atoms with Gasteiger partial charge in [0.25, 0.3) is 0 Å². The van der Waals surface area contributed by atoms with E-state index in [1.54, 1.807) is 19.2 Å². The first kappa shape index (κ1) is 17.8. The van der Waals surface area contributed by atoms with E-state index in [0.29, 0.717) is 29.2 Å². The van der Waals surface area contributed by atoms with Crippen molar-refractivity contribution in [3.63, 3.8) is 0 Å². The van der Waals surface area contributed by atoms with Crippen molar-refractivity contribution in [2.24, 2.45) is 5.73 Å². The molecule has 0 unspecified atom stereocenters. The molecule has 0 fully saturated rings. The van der Waals surface area contributed by atoms with Gasteiger partial charge in [0.05, 0.1) is 33.5 Å². The normalized spacial score (nSPS) is 13.2. The van der Waals surface area contributed by atoms with Crippen LogP contribution in [0.4, 0.5) is 0 Å². The number of rotatable bonds is 6. The number of aliphatic hydroxyl groups is 1. The lowest BCUT2D eigenvalue weighted by Crippen LogP contribution is -2.26. The van der Waals surface area contributed by atoms with Crippen molar-refractivity contribution in [3.8, 4) is 17.2 Å². The average molecular weight is 292 g/mol. The van der Waals surface area contributed by atoms with Gasteiger partial charge in [-0.05, 0) is 18.6 Å². The van der Waals surface area contributed by atoms with Crippen molar-refractivity contribution in [3.05, 3.63) is 17.7 Å². The summed E-state index contributed by atoms with van der Waals surface area (Å²) < 4.78 is 15.8. The van der Waals surface area contributed by atoms with Gasteiger partial charge in [-0.3, -0.25) is 0 Å². The molecule has 5 nitrogen and oxygen atoms in total. The van der Waals surface area contributed by atoms with Crippen LogP contribution in [0.25, 0.3) is 0 Å². The molecule has 0 aliphatic heterocycles. The summed E-state index contributed by atoms with van der Waals surface area (Å²) in [6, 6.07) is 3.01. The molecule has 0 heterocycles. The Bertz CT molecular complexity index is 400. The second-order valence-corrected chi connectivity index (χ2v) is 3.92. The van der Waals surface area contributed by atoms with Crippen LogP contribution in [0.5, 0.6) is 17.2 Å². The Morgan fingerprint density at radius 2 is 1.68 bits per heavy atom. The third kappa shape index (κ3) is 3.65. The summed E-state index contributed by atoms with van der Waals surface area (Å²) >= 11 is 0. The molecule has 19 heavy (non-hydrogen) atoms. The first-order valence-electron chi connectivity index (χ1n) is 5.83. The number of nitrogens with two attached hydrogens (primary N) is 1. The van der Waals surface area contributed by atoms with Crippen LogP contribution in [-0.4, -0.2) is 32.5 Å². The summed E-state index contributed by atoms with van der Waals surface area (Å²) in [5.74, 6) is 1.55. The van der Waals surface area contributed by atoms with Crippen molar-refractivity contribution in [2.75, 3.05) is 21.3 Å². The molecular formula is C13H22ClNO4. The molecule has 0 saturated carbocycles. The summed E-state index contributed by atoms with van der Waals surface area (Å²) in [6.07, 6.45) is -0.0597. The van der Waals surface area contributed by atoms with Crippen LogP contribution in [-0.2, 0) is 0 Å². The summed E-state index contributed by atoms with van der Waals surface area (Å²) in [6.45, 7) is 1.87. The third-order valence-electron chi connectivity index (χ3n) is 2.93. The molecule has 1 aromatic rings. The number of methoxy groups -OCH3 is 3. The number of hydrogen-bond donors (Lipinski definition) is 2. The minimum Gasteiger partial charge on any atom is -0.493 e. The van der Waals surface area contributed by atoms with E-state index in [-0.39, 0.29) is 12.4 Å². The third-order valence-corrected chi connectivity index (χ3v) is 2.93. The molecule has 0 amide bonds. The standard InChI is InChI=1S/C13H21NO4.ClH/c1-5-9(15)11(14)8-6-7-10(16-2)13(18-4)12(8)17-3;/h6-7,9,11,15H,5,14H2,1-4H3;1H/t9-,11+;/m1./s1. The maximum Gasteiger partial charge on any atom is 0.203 e. The smallest absolute Gasteiger partial charge is 0.203 e. The highest BCUT2D eigenvalue weighted by molar-refractivity contribution is 5.85. The van der Waals surface area contributed by atoms with Gasteiger partial charge in [-0.2, -0.15) is 0 Å². The van der Waals surface area contributed by atoms with Crippen molar-refractivity contribution < 1.29 is 19.3 Å². The van der Waals surface area contributed by atoms with Gasteiger partial charge in [0, 0.05) is 5.56 Å². The number of hydrogen-bond acceptors (Lipinski definition) is 5. The van der Waals surface area contributed by atoms with Crippen molar-refractivity contribution in [1.29, 1.82) is 0 Å². The Morgan fingerprint density at radius 1 is 1.11 bits per heavy atom. The van der Waals surface area contributed by atoms with Crippen LogP contribution in [0.1, 0.15) is 24.9 Å². The Morgan fingerprint density at radius 3 is 2.11 bits per heavy atom. The van der Waals surface area contributed by atoms with Crippen LogP contribution in [0.2, 0.25) is 0 Å². The predicted molar refractivity (Wildman–Crippen MR) is 76.6 cm³/mol. The lowest BCUT2D eigenvalue weighted by atomic mass is 9.99. The number of ether oxygens (including phenoxy) is 3. The minimum atomic E-state index is -0.628. The molecule has 2 atom stereocenters. The summed E-state index contributed by atoms with van der Waals surface area (Å²) in [4.78, 5) is 0. The van der Waals surface area contributed by atoms with Gasteiger partial charge in [0.1, 0.15) is 0 Å². The van der Waals surface area contributed by atoms with E-state index in [1.807, 2.05) is 6.92 Å². The van der Waals surface area contributed by atoms with Crippen LogP contribution in [0, 0.1) is 0 Å². The van der Waals surface area contributed by atoms with Crippen LogP contribution < -0.4 is 19.9 Å². The van der Waals surface area contributed by atoms with Crippen LogP contribution >= 0.6 is 12.4 Å². The zero-order valence-corrected chi connectivity index (χ0v) is 12.5. The molecule has 3 N–H and O–H groups in total. The van der Waals surface area contributed by atoms with E-state index >= 15 is 0 Å². The summed E-state index contributed by atoms with van der Waals surface area (Å²) in [5.41, 5.74) is 6.71. The monoisotopic (exact) mass is 291 g/mol. The Labute approximate surface area is 120 Å². The SMILES string of the molecule is CC[C@@H](O)[C@@H](N)c1ccc(OC)c(OC)c1OC.Cl. The fourth-order valence-electron chi connectivity index (χ4n) is 1.85.